The van der Waals surface area contributed by atoms with E-state index in [0.29, 0.717) is 29.0 Å². The molecule has 1 aliphatic heterocycles. The molecule has 3 fully saturated rings. The third-order valence-corrected chi connectivity index (χ3v) is 6.63. The van der Waals surface area contributed by atoms with Crippen LogP contribution in [0.2, 0.25) is 0 Å². The Morgan fingerprint density at radius 3 is 2.06 bits per heavy atom. The first-order valence-corrected chi connectivity index (χ1v) is 11.8. The molecule has 0 aromatic heterocycles. The van der Waals surface area contributed by atoms with Crippen LogP contribution in [0.15, 0.2) is 22.9 Å². The van der Waals surface area contributed by atoms with Crippen LogP contribution in [0, 0.1) is 0 Å². The van der Waals surface area contributed by atoms with Crippen molar-refractivity contribution in [2.75, 3.05) is 21.3 Å². The summed E-state index contributed by atoms with van der Waals surface area (Å²) in [6.45, 7) is 0. The smallest absolute Gasteiger partial charge is 0.300 e. The lowest BCUT2D eigenvalue weighted by Gasteiger charge is -2.29. The molecule has 4 rings (SSSR count). The van der Waals surface area contributed by atoms with Gasteiger partial charge in [-0.05, 0) is 49.5 Å². The van der Waals surface area contributed by atoms with Gasteiger partial charge >= 0.3 is 6.02 Å². The van der Waals surface area contributed by atoms with Crippen molar-refractivity contribution in [1.29, 1.82) is 0 Å². The van der Waals surface area contributed by atoms with Crippen LogP contribution in [0.3, 0.4) is 0 Å². The average Bonchev–Trinajstić information content (AvgIpc) is 3.13. The number of carbonyl (C=O) groups excluding carboxylic acids is 1. The molecule has 7 heteroatoms. The maximum Gasteiger partial charge on any atom is 0.300 e. The number of ether oxygens (including phenoxy) is 4. The number of rotatable bonds is 6. The predicted octanol–water partition coefficient (Wildman–Crippen LogP) is 4.93. The molecule has 0 atom stereocenters. The number of methoxy groups -OCH3 is 3. The van der Waals surface area contributed by atoms with Crippen molar-refractivity contribution in [3.05, 3.63) is 23.5 Å². The molecule has 1 aromatic carbocycles. The lowest BCUT2D eigenvalue weighted by atomic mass is 9.94. The molecule has 1 saturated heterocycles. The molecule has 1 aromatic rings. The molecule has 32 heavy (non-hydrogen) atoms. The quantitative estimate of drug-likeness (QED) is 0.584. The number of amides is 1. The fourth-order valence-corrected chi connectivity index (χ4v) is 4.94. The van der Waals surface area contributed by atoms with Crippen LogP contribution < -0.4 is 14.2 Å². The van der Waals surface area contributed by atoms with Gasteiger partial charge in [0.15, 0.2) is 17.3 Å². The van der Waals surface area contributed by atoms with Gasteiger partial charge in [-0.1, -0.05) is 38.5 Å². The van der Waals surface area contributed by atoms with Gasteiger partial charge in [0.05, 0.1) is 27.4 Å². The predicted molar refractivity (Wildman–Crippen MR) is 123 cm³/mol. The van der Waals surface area contributed by atoms with Gasteiger partial charge in [-0.25, -0.2) is 4.99 Å². The summed E-state index contributed by atoms with van der Waals surface area (Å²) in [6.07, 6.45) is 13.0. The standard InChI is InChI=1S/C25H34N2O5/c1-29-20-14-17(15-21(30-2)23(20)31-3)16-22-24(28)27(19-12-8-5-9-13-19)25(32-22)26-18-10-6-4-7-11-18/h14-16,18-19H,4-13H2,1-3H3/b22-16+,26-25?. The van der Waals surface area contributed by atoms with E-state index >= 15 is 0 Å². The van der Waals surface area contributed by atoms with E-state index in [1.165, 1.54) is 25.7 Å². The van der Waals surface area contributed by atoms with Crippen molar-refractivity contribution in [3.8, 4) is 17.2 Å². The molecule has 174 valence electrons. The first-order chi connectivity index (χ1) is 15.6. The molecule has 7 nitrogen and oxygen atoms in total. The van der Waals surface area contributed by atoms with Crippen LogP contribution in [0.25, 0.3) is 6.08 Å². The first-order valence-electron chi connectivity index (χ1n) is 11.8. The molecule has 0 bridgehead atoms. The van der Waals surface area contributed by atoms with E-state index in [9.17, 15) is 4.79 Å². The summed E-state index contributed by atoms with van der Waals surface area (Å²) in [6, 6.07) is 4.49. The van der Waals surface area contributed by atoms with Gasteiger partial charge in [0, 0.05) is 6.04 Å². The van der Waals surface area contributed by atoms with Crippen LogP contribution in [0.4, 0.5) is 0 Å². The fraction of sp³-hybridized carbons (Fsp3) is 0.600. The van der Waals surface area contributed by atoms with E-state index in [1.54, 1.807) is 27.4 Å². The summed E-state index contributed by atoms with van der Waals surface area (Å²) in [5, 5.41) is 0. The summed E-state index contributed by atoms with van der Waals surface area (Å²) < 4.78 is 22.4. The molecule has 3 aliphatic rings. The molecule has 0 radical (unpaired) electrons. The van der Waals surface area contributed by atoms with Crippen molar-refractivity contribution in [2.24, 2.45) is 4.99 Å². The van der Waals surface area contributed by atoms with E-state index < -0.39 is 0 Å². The third-order valence-electron chi connectivity index (χ3n) is 6.63. The Balaban J connectivity index is 1.67. The topological polar surface area (TPSA) is 69.6 Å². The molecule has 2 saturated carbocycles. The highest BCUT2D eigenvalue weighted by Crippen LogP contribution is 2.39. The summed E-state index contributed by atoms with van der Waals surface area (Å²) in [5.74, 6) is 1.76. The highest BCUT2D eigenvalue weighted by molar-refractivity contribution is 6.11. The lowest BCUT2D eigenvalue weighted by Crippen LogP contribution is -2.41. The van der Waals surface area contributed by atoms with E-state index in [0.717, 1.165) is 44.1 Å². The van der Waals surface area contributed by atoms with Gasteiger partial charge in [0.25, 0.3) is 5.91 Å². The Morgan fingerprint density at radius 1 is 0.906 bits per heavy atom. The maximum atomic E-state index is 13.5. The Kier molecular flexibility index (Phi) is 7.22. The lowest BCUT2D eigenvalue weighted by molar-refractivity contribution is -0.124. The number of hydrogen-bond donors (Lipinski definition) is 0. The van der Waals surface area contributed by atoms with Crippen molar-refractivity contribution in [1.82, 2.24) is 4.90 Å². The van der Waals surface area contributed by atoms with Crippen molar-refractivity contribution >= 4 is 18.0 Å². The van der Waals surface area contributed by atoms with Crippen LogP contribution in [-0.2, 0) is 9.53 Å². The zero-order valence-electron chi connectivity index (χ0n) is 19.4. The van der Waals surface area contributed by atoms with Crippen LogP contribution in [0.5, 0.6) is 17.2 Å². The summed E-state index contributed by atoms with van der Waals surface area (Å²) in [4.78, 5) is 20.2. The zero-order chi connectivity index (χ0) is 22.5. The van der Waals surface area contributed by atoms with E-state index in [1.807, 2.05) is 17.0 Å². The van der Waals surface area contributed by atoms with Gasteiger partial charge in [-0.2, -0.15) is 0 Å². The van der Waals surface area contributed by atoms with Crippen molar-refractivity contribution in [2.45, 2.75) is 76.3 Å². The first kappa shape index (κ1) is 22.5. The summed E-state index contributed by atoms with van der Waals surface area (Å²) in [7, 11) is 4.72. The fourth-order valence-electron chi connectivity index (χ4n) is 4.94. The summed E-state index contributed by atoms with van der Waals surface area (Å²) >= 11 is 0. The van der Waals surface area contributed by atoms with Gasteiger partial charge < -0.3 is 18.9 Å². The molecule has 1 heterocycles. The van der Waals surface area contributed by atoms with Gasteiger partial charge in [-0.3, -0.25) is 9.69 Å². The maximum absolute atomic E-state index is 13.5. The second-order valence-corrected chi connectivity index (χ2v) is 8.74. The average molecular weight is 443 g/mol. The van der Waals surface area contributed by atoms with Crippen molar-refractivity contribution in [3.63, 3.8) is 0 Å². The molecule has 2 aliphatic carbocycles. The van der Waals surface area contributed by atoms with E-state index in [-0.39, 0.29) is 18.0 Å². The Hall–Kier alpha value is -2.70. The largest absolute Gasteiger partial charge is 0.493 e. The molecule has 1 amide bonds. The molecule has 0 unspecified atom stereocenters. The number of nitrogens with zero attached hydrogens (tertiary/aromatic N) is 2. The number of carbonyl (C=O) groups is 1. The van der Waals surface area contributed by atoms with Gasteiger partial charge in [-0.15, -0.1) is 0 Å². The zero-order valence-corrected chi connectivity index (χ0v) is 19.4. The number of aliphatic imine (C=N–C) groups is 1. The Labute approximate surface area is 190 Å². The van der Waals surface area contributed by atoms with E-state index in [4.69, 9.17) is 23.9 Å². The Morgan fingerprint density at radius 2 is 1.50 bits per heavy atom. The van der Waals surface area contributed by atoms with Gasteiger partial charge in [0.2, 0.25) is 5.75 Å². The highest BCUT2D eigenvalue weighted by atomic mass is 16.5. The van der Waals surface area contributed by atoms with Crippen LogP contribution in [-0.4, -0.2) is 50.2 Å². The molecular weight excluding hydrogens is 408 g/mol. The number of hydrogen-bond acceptors (Lipinski definition) is 6. The third kappa shape index (κ3) is 4.71. The Bertz CT molecular complexity index is 857. The minimum Gasteiger partial charge on any atom is -0.493 e. The van der Waals surface area contributed by atoms with Crippen molar-refractivity contribution < 1.29 is 23.7 Å². The van der Waals surface area contributed by atoms with Crippen LogP contribution in [0.1, 0.15) is 69.8 Å². The van der Waals surface area contributed by atoms with E-state index in [2.05, 4.69) is 0 Å². The molecule has 0 spiro atoms. The monoisotopic (exact) mass is 442 g/mol. The highest BCUT2D eigenvalue weighted by Gasteiger charge is 2.40. The second-order valence-electron chi connectivity index (χ2n) is 8.74. The summed E-state index contributed by atoms with van der Waals surface area (Å²) in [5.41, 5.74) is 0.741. The normalized spacial score (nSPS) is 23.0. The van der Waals surface area contributed by atoms with Crippen LogP contribution >= 0.6 is 0 Å². The minimum absolute atomic E-state index is 0.111. The number of amidine groups is 1. The van der Waals surface area contributed by atoms with Gasteiger partial charge in [0.1, 0.15) is 0 Å². The molecular formula is C25H34N2O5. The number of benzene rings is 1. The SMILES string of the molecule is COc1cc(/C=C2/OC(=NC3CCCCC3)N(C3CCCCC3)C2=O)cc(OC)c1OC. The second kappa shape index (κ2) is 10.3. The minimum atomic E-state index is -0.111. The molecule has 0 N–H and O–H groups in total.